The molecule has 7 aromatic carbocycles. The number of hydrogen-bond donors (Lipinski definition) is 0. The van der Waals surface area contributed by atoms with Crippen LogP contribution in [0.25, 0.3) is 33.4 Å². The van der Waals surface area contributed by atoms with Crippen LogP contribution in [0.15, 0.2) is 170 Å². The Morgan fingerprint density at radius 3 is 1.39 bits per heavy atom. The van der Waals surface area contributed by atoms with Gasteiger partial charge in [-0.3, -0.25) is 0 Å². The van der Waals surface area contributed by atoms with Crippen LogP contribution in [-0.2, 0) is 41.5 Å². The average molecular weight is 823 g/mol. The number of hydrogen-bond acceptors (Lipinski definition) is 0. The van der Waals surface area contributed by atoms with Gasteiger partial charge in [0.15, 0.2) is 0 Å². The largest absolute Gasteiger partial charge is 0.214 e. The van der Waals surface area contributed by atoms with Crippen LogP contribution in [0.4, 0.5) is 0 Å². The summed E-state index contributed by atoms with van der Waals surface area (Å²) in [6.07, 6.45) is 1.03. The van der Waals surface area contributed by atoms with E-state index in [1.807, 2.05) is 30.3 Å². The molecule has 7 aromatic rings. The first-order chi connectivity index (χ1) is 25.0. The maximum absolute atomic E-state index is 3.53. The van der Waals surface area contributed by atoms with Gasteiger partial charge in [0.1, 0.15) is 0 Å². The van der Waals surface area contributed by atoms with Gasteiger partial charge in [0.25, 0.3) is 0 Å². The van der Waals surface area contributed by atoms with Crippen molar-refractivity contribution in [1.82, 2.24) is 0 Å². The standard InChI is InChI=1S/C25H18.C21H25.C5H5.2ClH.Zr/c1-3-7-22(8-4-1)24-15-11-20(12-16-24)19-21-13-17-25(18-14-21)23-9-5-2-6-10-23;1-20(2,3)16-9-7-14-11-15-8-10-17(21(4,5)6)13-19(15)18(14)12-16;1-2-4-5-3-1;;;/h1-18H;7,9-10,12-13H,11H2,1-6H3;1-5H;2*1H;/q;2*-1;;;+2/p-2. The van der Waals surface area contributed by atoms with Gasteiger partial charge in [-0.1, -0.05) is 76.3 Å². The molecule has 1 aliphatic rings. The van der Waals surface area contributed by atoms with E-state index < -0.39 is 0 Å². The summed E-state index contributed by atoms with van der Waals surface area (Å²) in [4.78, 5) is 0. The molecule has 0 atom stereocenters. The normalized spacial score (nSPS) is 11.3. The van der Waals surface area contributed by atoms with Crippen LogP contribution in [0.5, 0.6) is 0 Å². The average Bonchev–Trinajstić information content (AvgIpc) is 3.87. The second-order valence-corrected chi connectivity index (χ2v) is 16.8. The molecule has 0 aliphatic heterocycles. The van der Waals surface area contributed by atoms with E-state index in [1.54, 1.807) is 0 Å². The van der Waals surface area contributed by atoms with Crippen molar-refractivity contribution in [2.75, 3.05) is 0 Å². The Kier molecular flexibility index (Phi) is 15.1. The van der Waals surface area contributed by atoms with E-state index in [2.05, 4.69) is 187 Å². The van der Waals surface area contributed by atoms with E-state index >= 15 is 0 Å². The summed E-state index contributed by atoms with van der Waals surface area (Å²) in [5, 5.41) is 0. The van der Waals surface area contributed by atoms with Gasteiger partial charge in [0.2, 0.25) is 0 Å². The predicted molar refractivity (Wildman–Crippen MR) is 220 cm³/mol. The van der Waals surface area contributed by atoms with Gasteiger partial charge in [0, 0.05) is 0 Å². The van der Waals surface area contributed by atoms with E-state index in [0.29, 0.717) is 0 Å². The monoisotopic (exact) mass is 820 g/mol. The predicted octanol–water partition coefficient (Wildman–Crippen LogP) is 7.20. The van der Waals surface area contributed by atoms with E-state index in [1.165, 1.54) is 94.2 Å². The zero-order valence-electron chi connectivity index (χ0n) is 32.1. The van der Waals surface area contributed by atoms with Crippen molar-refractivity contribution in [3.05, 3.63) is 209 Å². The molecule has 0 fully saturated rings. The van der Waals surface area contributed by atoms with Gasteiger partial charge in [-0.15, -0.1) is 5.56 Å². The number of fused-ring (bicyclic) bond motifs is 3. The molecule has 0 N–H and O–H groups in total. The Morgan fingerprint density at radius 1 is 0.519 bits per heavy atom. The quantitative estimate of drug-likeness (QED) is 0.165. The molecule has 0 saturated carbocycles. The van der Waals surface area contributed by atoms with Crippen LogP contribution in [0.1, 0.15) is 74.9 Å². The van der Waals surface area contributed by atoms with Gasteiger partial charge >= 0.3 is 170 Å². The molecular weight excluding hydrogens is 775 g/mol. The third-order valence-electron chi connectivity index (χ3n) is 9.64. The van der Waals surface area contributed by atoms with Crippen molar-refractivity contribution < 1.29 is 49.0 Å². The molecule has 3 heteroatoms. The summed E-state index contributed by atoms with van der Waals surface area (Å²) in [6, 6.07) is 63.9. The summed E-state index contributed by atoms with van der Waals surface area (Å²) >= 11 is 1.43. The molecule has 0 bridgehead atoms. The first-order valence-electron chi connectivity index (χ1n) is 18.2. The molecule has 0 amide bonds. The van der Waals surface area contributed by atoms with Gasteiger partial charge in [-0.2, -0.15) is 47.5 Å². The van der Waals surface area contributed by atoms with Crippen LogP contribution >= 0.6 is 0 Å². The Bertz CT molecular complexity index is 2040. The fourth-order valence-corrected chi connectivity index (χ4v) is 7.21. The third kappa shape index (κ3) is 10.8. The number of rotatable bonds is 4. The van der Waals surface area contributed by atoms with Crippen molar-refractivity contribution in [2.24, 2.45) is 0 Å². The Hall–Kier alpha value is -4.00. The molecular formula is C51H48Cl2Zr-2. The summed E-state index contributed by atoms with van der Waals surface area (Å²) < 4.78 is 1.39. The summed E-state index contributed by atoms with van der Waals surface area (Å²) in [6.45, 7) is 13.6. The molecule has 0 saturated heterocycles. The first kappa shape index (κ1) is 42.7. The fourth-order valence-electron chi connectivity index (χ4n) is 6.39. The Balaban J connectivity index is 0.000000209. The Morgan fingerprint density at radius 2 is 0.963 bits per heavy atom. The van der Waals surface area contributed by atoms with Crippen LogP contribution in [0.3, 0.4) is 0 Å². The fraction of sp³-hybridized carbons (Fsp3) is 0.176. The molecule has 0 heterocycles. The maximum atomic E-state index is 3.53. The van der Waals surface area contributed by atoms with Crippen LogP contribution in [-0.4, -0.2) is 3.21 Å². The van der Waals surface area contributed by atoms with Gasteiger partial charge in [-0.25, -0.2) is 12.1 Å². The van der Waals surface area contributed by atoms with Crippen molar-refractivity contribution in [1.29, 1.82) is 0 Å². The van der Waals surface area contributed by atoms with Crippen molar-refractivity contribution in [3.8, 4) is 33.4 Å². The zero-order chi connectivity index (χ0) is 36.7. The van der Waals surface area contributed by atoms with Gasteiger partial charge in [-0.05, 0) is 17.4 Å². The minimum Gasteiger partial charge on any atom is -0.214 e. The second-order valence-electron chi connectivity index (χ2n) is 15.6. The summed E-state index contributed by atoms with van der Waals surface area (Å²) in [7, 11) is 0. The molecule has 0 aromatic heterocycles. The first-order valence-corrected chi connectivity index (χ1v) is 19.5. The van der Waals surface area contributed by atoms with Gasteiger partial charge in [0.05, 0.1) is 0 Å². The molecule has 0 radical (unpaired) electrons. The molecule has 54 heavy (non-hydrogen) atoms. The van der Waals surface area contributed by atoms with Crippen molar-refractivity contribution >= 4 is 3.21 Å². The minimum atomic E-state index is 0. The number of halogens is 2. The molecule has 1 aliphatic carbocycles. The Labute approximate surface area is 351 Å². The van der Waals surface area contributed by atoms with Crippen LogP contribution in [0, 0.1) is 6.07 Å². The van der Waals surface area contributed by atoms with Crippen LogP contribution in [0.2, 0.25) is 0 Å². The maximum Gasteiger partial charge on any atom is -0.172 e. The van der Waals surface area contributed by atoms with E-state index in [0.717, 1.165) is 6.42 Å². The summed E-state index contributed by atoms with van der Waals surface area (Å²) in [5.41, 5.74) is 16.4. The van der Waals surface area contributed by atoms with Crippen LogP contribution < -0.4 is 24.8 Å². The molecule has 272 valence electrons. The van der Waals surface area contributed by atoms with E-state index in [-0.39, 0.29) is 35.6 Å². The zero-order valence-corrected chi connectivity index (χ0v) is 36.1. The van der Waals surface area contributed by atoms with Crippen molar-refractivity contribution in [3.63, 3.8) is 0 Å². The molecule has 0 nitrogen and oxygen atoms in total. The SMILES string of the molecule is CC(C)(C)c1c[c-]c2c(c1)-c1cc(C(C)(C)C)ccc1C2.[Cl-].[Cl-].[Zr+2]=[C](c1ccc(-c2ccccc2)cc1)c1ccc(-c2ccccc2)cc1.c1cc[cH-]c1. The number of benzene rings is 6. The van der Waals surface area contributed by atoms with E-state index in [9.17, 15) is 0 Å². The second kappa shape index (κ2) is 19.0. The topological polar surface area (TPSA) is 0 Å². The third-order valence-corrected chi connectivity index (χ3v) is 11.1. The molecule has 0 spiro atoms. The molecule has 0 unspecified atom stereocenters. The van der Waals surface area contributed by atoms with Gasteiger partial charge < -0.3 is 24.8 Å². The minimum absolute atomic E-state index is 0. The van der Waals surface area contributed by atoms with E-state index in [4.69, 9.17) is 0 Å². The smallest absolute Gasteiger partial charge is 0.172 e. The summed E-state index contributed by atoms with van der Waals surface area (Å²) in [5.74, 6) is 0. The van der Waals surface area contributed by atoms with Crippen molar-refractivity contribution in [2.45, 2.75) is 58.8 Å². The molecule has 8 rings (SSSR count).